The van der Waals surface area contributed by atoms with E-state index in [0.717, 1.165) is 22.5 Å². The molecule has 0 saturated carbocycles. The average Bonchev–Trinajstić information content (AvgIpc) is 3.24. The predicted molar refractivity (Wildman–Crippen MR) is 129 cm³/mol. The van der Waals surface area contributed by atoms with Gasteiger partial charge >= 0.3 is 0 Å². The molecule has 0 unspecified atom stereocenters. The van der Waals surface area contributed by atoms with E-state index in [2.05, 4.69) is 20.9 Å². The molecule has 0 amide bonds. The number of aromatic amines is 1. The van der Waals surface area contributed by atoms with Crippen molar-refractivity contribution in [3.63, 3.8) is 0 Å². The summed E-state index contributed by atoms with van der Waals surface area (Å²) in [6.45, 7) is 5.17. The molecular formula is C25H29N5O2S. The number of nitrogens with one attached hydrogen (secondary N) is 1. The molecule has 2 aromatic carbocycles. The number of sulfonamides is 1. The topological polar surface area (TPSA) is 93.1 Å². The highest BCUT2D eigenvalue weighted by molar-refractivity contribution is 7.89. The van der Waals surface area contributed by atoms with Crippen LogP contribution in [0.25, 0.3) is 0 Å². The van der Waals surface area contributed by atoms with Crippen LogP contribution in [0.4, 0.5) is 5.69 Å². The molecule has 7 nitrogen and oxygen atoms in total. The number of nitrogens with zero attached hydrogens (tertiary/aromatic N) is 4. The standard InChI is InChI=1S/C25H29N5O2S/c1-19(2)17-33(31,32)30-14-22-10-21(12-26)8-9-25(22)29(15-23-13-27-18-28-23)16-24(30)11-20-6-4-3-5-7-20/h3-10,13,18-19,24H,11,14-17H2,1-2H3,(H,27,28)/t24-/m1/s1. The van der Waals surface area contributed by atoms with Gasteiger partial charge in [-0.15, -0.1) is 0 Å². The van der Waals surface area contributed by atoms with E-state index in [4.69, 9.17) is 0 Å². The molecule has 0 saturated heterocycles. The number of hydrogen-bond acceptors (Lipinski definition) is 5. The molecule has 33 heavy (non-hydrogen) atoms. The second kappa shape index (κ2) is 9.77. The minimum atomic E-state index is -3.52. The summed E-state index contributed by atoms with van der Waals surface area (Å²) in [7, 11) is -3.52. The molecule has 0 spiro atoms. The van der Waals surface area contributed by atoms with E-state index in [1.807, 2.05) is 62.5 Å². The summed E-state index contributed by atoms with van der Waals surface area (Å²) in [5.41, 5.74) is 4.28. The fourth-order valence-electron chi connectivity index (χ4n) is 4.45. The fraction of sp³-hybridized carbons (Fsp3) is 0.360. The molecule has 1 N–H and O–H groups in total. The molecule has 0 bridgehead atoms. The maximum Gasteiger partial charge on any atom is 0.214 e. The molecule has 8 heteroatoms. The van der Waals surface area contributed by atoms with Gasteiger partial charge in [-0.05, 0) is 41.7 Å². The maximum atomic E-state index is 13.6. The van der Waals surface area contributed by atoms with Crippen LogP contribution in [-0.2, 0) is 29.5 Å². The Balaban J connectivity index is 1.79. The van der Waals surface area contributed by atoms with Crippen molar-refractivity contribution >= 4 is 15.7 Å². The van der Waals surface area contributed by atoms with Crippen molar-refractivity contribution < 1.29 is 8.42 Å². The summed E-state index contributed by atoms with van der Waals surface area (Å²) in [4.78, 5) is 9.56. The second-order valence-corrected chi connectivity index (χ2v) is 10.9. The molecule has 0 aliphatic carbocycles. The number of rotatable bonds is 7. The van der Waals surface area contributed by atoms with Crippen molar-refractivity contribution in [1.29, 1.82) is 5.26 Å². The minimum Gasteiger partial charge on any atom is -0.364 e. The van der Waals surface area contributed by atoms with Gasteiger partial charge < -0.3 is 9.88 Å². The van der Waals surface area contributed by atoms with Gasteiger partial charge in [-0.1, -0.05) is 44.2 Å². The van der Waals surface area contributed by atoms with Gasteiger partial charge in [0.2, 0.25) is 10.0 Å². The Morgan fingerprint density at radius 3 is 2.67 bits per heavy atom. The molecule has 0 radical (unpaired) electrons. The van der Waals surface area contributed by atoms with Crippen LogP contribution >= 0.6 is 0 Å². The highest BCUT2D eigenvalue weighted by Gasteiger charge is 2.36. The monoisotopic (exact) mass is 463 g/mol. The Labute approximate surface area is 195 Å². The second-order valence-electron chi connectivity index (χ2n) is 8.96. The highest BCUT2D eigenvalue weighted by Crippen LogP contribution is 2.32. The normalized spacial score (nSPS) is 16.9. The fourth-order valence-corrected chi connectivity index (χ4v) is 6.41. The van der Waals surface area contributed by atoms with Gasteiger partial charge in [-0.3, -0.25) is 0 Å². The van der Waals surface area contributed by atoms with Crippen molar-refractivity contribution in [2.75, 3.05) is 17.2 Å². The van der Waals surface area contributed by atoms with Gasteiger partial charge in [-0.25, -0.2) is 13.4 Å². The number of imidazole rings is 1. The van der Waals surface area contributed by atoms with Gasteiger partial charge in [0.25, 0.3) is 0 Å². The quantitative estimate of drug-likeness (QED) is 0.577. The van der Waals surface area contributed by atoms with Crippen LogP contribution in [0.5, 0.6) is 0 Å². The molecule has 1 atom stereocenters. The molecule has 1 aliphatic rings. The molecular weight excluding hydrogens is 434 g/mol. The van der Waals surface area contributed by atoms with E-state index in [0.29, 0.717) is 25.1 Å². The summed E-state index contributed by atoms with van der Waals surface area (Å²) < 4.78 is 28.8. The molecule has 2 heterocycles. The summed E-state index contributed by atoms with van der Waals surface area (Å²) >= 11 is 0. The molecule has 0 fully saturated rings. The highest BCUT2D eigenvalue weighted by atomic mass is 32.2. The Morgan fingerprint density at radius 1 is 1.21 bits per heavy atom. The van der Waals surface area contributed by atoms with Crippen molar-refractivity contribution in [2.24, 2.45) is 5.92 Å². The predicted octanol–water partition coefficient (Wildman–Crippen LogP) is 3.70. The lowest BCUT2D eigenvalue weighted by Gasteiger charge is -2.32. The van der Waals surface area contributed by atoms with Gasteiger partial charge in [0.05, 0.1) is 36.0 Å². The first-order valence-corrected chi connectivity index (χ1v) is 12.8. The number of fused-ring (bicyclic) bond motifs is 1. The van der Waals surface area contributed by atoms with Crippen molar-refractivity contribution in [3.8, 4) is 6.07 Å². The number of H-pyrrole nitrogens is 1. The Kier molecular flexibility index (Phi) is 6.82. The van der Waals surface area contributed by atoms with Gasteiger partial charge in [0.1, 0.15) is 0 Å². The summed E-state index contributed by atoms with van der Waals surface area (Å²) in [6.07, 6.45) is 4.11. The zero-order chi connectivity index (χ0) is 23.4. The third-order valence-electron chi connectivity index (χ3n) is 5.84. The number of anilines is 1. The summed E-state index contributed by atoms with van der Waals surface area (Å²) in [5.74, 6) is 0.103. The van der Waals surface area contributed by atoms with E-state index in [9.17, 15) is 13.7 Å². The first-order chi connectivity index (χ1) is 15.9. The lowest BCUT2D eigenvalue weighted by Crippen LogP contribution is -2.47. The lowest BCUT2D eigenvalue weighted by atomic mass is 10.1. The molecule has 1 aliphatic heterocycles. The van der Waals surface area contributed by atoms with Gasteiger partial charge in [-0.2, -0.15) is 9.57 Å². The summed E-state index contributed by atoms with van der Waals surface area (Å²) in [5, 5.41) is 9.46. The molecule has 3 aromatic rings. The smallest absolute Gasteiger partial charge is 0.214 e. The van der Waals surface area contributed by atoms with E-state index in [-0.39, 0.29) is 24.3 Å². The molecule has 4 rings (SSSR count). The van der Waals surface area contributed by atoms with Gasteiger partial charge in [0, 0.05) is 31.0 Å². The van der Waals surface area contributed by atoms with Gasteiger partial charge in [0.15, 0.2) is 0 Å². The van der Waals surface area contributed by atoms with Crippen molar-refractivity contribution in [1.82, 2.24) is 14.3 Å². The molecule has 1 aromatic heterocycles. The third kappa shape index (κ3) is 5.44. The number of aromatic nitrogens is 2. The lowest BCUT2D eigenvalue weighted by molar-refractivity contribution is 0.316. The average molecular weight is 464 g/mol. The zero-order valence-corrected chi connectivity index (χ0v) is 19.8. The van der Waals surface area contributed by atoms with E-state index in [1.54, 1.807) is 16.7 Å². The van der Waals surface area contributed by atoms with E-state index in [1.165, 1.54) is 0 Å². The Morgan fingerprint density at radius 2 is 2.00 bits per heavy atom. The third-order valence-corrected chi connectivity index (χ3v) is 8.07. The largest absolute Gasteiger partial charge is 0.364 e. The van der Waals surface area contributed by atoms with Crippen molar-refractivity contribution in [2.45, 2.75) is 39.4 Å². The van der Waals surface area contributed by atoms with Crippen molar-refractivity contribution in [3.05, 3.63) is 83.4 Å². The zero-order valence-electron chi connectivity index (χ0n) is 19.0. The van der Waals surface area contributed by atoms with Crippen LogP contribution < -0.4 is 4.90 Å². The van der Waals surface area contributed by atoms with Crippen LogP contribution in [0.15, 0.2) is 61.1 Å². The van der Waals surface area contributed by atoms with Crippen LogP contribution in [0.3, 0.4) is 0 Å². The minimum absolute atomic E-state index is 0.0145. The SMILES string of the molecule is CC(C)CS(=O)(=O)N1Cc2cc(C#N)ccc2N(Cc2c[nH]cn2)C[C@H]1Cc1ccccc1. The van der Waals surface area contributed by atoms with Crippen LogP contribution in [-0.4, -0.2) is 41.0 Å². The number of hydrogen-bond donors (Lipinski definition) is 1. The molecule has 172 valence electrons. The Hall–Kier alpha value is -3.15. The van der Waals surface area contributed by atoms with Crippen LogP contribution in [0.2, 0.25) is 0 Å². The number of nitriles is 1. The first kappa shape index (κ1) is 23.0. The first-order valence-electron chi connectivity index (χ1n) is 11.1. The summed E-state index contributed by atoms with van der Waals surface area (Å²) in [6, 6.07) is 17.5. The number of benzene rings is 2. The Bertz CT molecular complexity index is 1220. The maximum absolute atomic E-state index is 13.6. The van der Waals surface area contributed by atoms with Crippen LogP contribution in [0.1, 0.15) is 36.2 Å². The van der Waals surface area contributed by atoms with Crippen LogP contribution in [0, 0.1) is 17.2 Å². The van der Waals surface area contributed by atoms with E-state index < -0.39 is 10.0 Å². The van der Waals surface area contributed by atoms with E-state index >= 15 is 0 Å².